The summed E-state index contributed by atoms with van der Waals surface area (Å²) in [4.78, 5) is 35.0. The van der Waals surface area contributed by atoms with Gasteiger partial charge in [-0.05, 0) is 6.42 Å². The van der Waals surface area contributed by atoms with Crippen LogP contribution in [0, 0.1) is 0 Å². The van der Waals surface area contributed by atoms with Crippen molar-refractivity contribution in [3.63, 3.8) is 0 Å². The Labute approximate surface area is 126 Å². The molecule has 0 spiro atoms. The van der Waals surface area contributed by atoms with E-state index in [2.05, 4.69) is 24.8 Å². The summed E-state index contributed by atoms with van der Waals surface area (Å²) in [5.41, 5.74) is -0.453. The van der Waals surface area contributed by atoms with Crippen LogP contribution in [0.4, 0.5) is 0 Å². The van der Waals surface area contributed by atoms with Crippen LogP contribution in [0.25, 0.3) is 0 Å². The van der Waals surface area contributed by atoms with Crippen molar-refractivity contribution in [3.8, 4) is 0 Å². The SMILES string of the molecule is COCc1ncc(C(=O)NC2CCn3ccnc3C2)c(=O)[nH]1. The third-order valence-electron chi connectivity index (χ3n) is 3.66. The van der Waals surface area contributed by atoms with Gasteiger partial charge < -0.3 is 19.6 Å². The van der Waals surface area contributed by atoms with Gasteiger partial charge in [-0.25, -0.2) is 9.97 Å². The monoisotopic (exact) mass is 303 g/mol. The fourth-order valence-electron chi connectivity index (χ4n) is 2.54. The van der Waals surface area contributed by atoms with Gasteiger partial charge >= 0.3 is 0 Å². The van der Waals surface area contributed by atoms with Crippen molar-refractivity contribution in [2.75, 3.05) is 7.11 Å². The van der Waals surface area contributed by atoms with Crippen LogP contribution in [0.5, 0.6) is 0 Å². The van der Waals surface area contributed by atoms with Crippen molar-refractivity contribution in [2.24, 2.45) is 0 Å². The third-order valence-corrected chi connectivity index (χ3v) is 3.66. The van der Waals surface area contributed by atoms with Gasteiger partial charge in [0.15, 0.2) is 0 Å². The van der Waals surface area contributed by atoms with Gasteiger partial charge in [0.25, 0.3) is 11.5 Å². The van der Waals surface area contributed by atoms with Crippen LogP contribution in [0.3, 0.4) is 0 Å². The molecule has 3 rings (SSSR count). The number of ether oxygens (including phenoxy) is 1. The molecular formula is C14H17N5O3. The number of carbonyl (C=O) groups is 1. The number of nitrogens with zero attached hydrogens (tertiary/aromatic N) is 3. The molecule has 0 aromatic carbocycles. The highest BCUT2D eigenvalue weighted by Crippen LogP contribution is 2.13. The molecule has 1 aliphatic rings. The van der Waals surface area contributed by atoms with E-state index >= 15 is 0 Å². The quantitative estimate of drug-likeness (QED) is 0.818. The Balaban J connectivity index is 1.69. The van der Waals surface area contributed by atoms with Crippen molar-refractivity contribution in [1.29, 1.82) is 0 Å². The number of amides is 1. The van der Waals surface area contributed by atoms with Gasteiger partial charge in [-0.1, -0.05) is 0 Å². The zero-order valence-electron chi connectivity index (χ0n) is 12.2. The first kappa shape index (κ1) is 14.5. The first-order chi connectivity index (χ1) is 10.7. The number of nitrogens with one attached hydrogen (secondary N) is 2. The highest BCUT2D eigenvalue weighted by atomic mass is 16.5. The summed E-state index contributed by atoms with van der Waals surface area (Å²) in [5, 5.41) is 2.87. The topological polar surface area (TPSA) is 102 Å². The smallest absolute Gasteiger partial charge is 0.263 e. The molecule has 3 heterocycles. The van der Waals surface area contributed by atoms with E-state index in [1.807, 2.05) is 6.20 Å². The van der Waals surface area contributed by atoms with Gasteiger partial charge in [-0.3, -0.25) is 9.59 Å². The first-order valence-electron chi connectivity index (χ1n) is 7.05. The van der Waals surface area contributed by atoms with Crippen molar-refractivity contribution < 1.29 is 9.53 Å². The second-order valence-electron chi connectivity index (χ2n) is 5.21. The minimum Gasteiger partial charge on any atom is -0.377 e. The van der Waals surface area contributed by atoms with E-state index in [1.165, 1.54) is 13.3 Å². The van der Waals surface area contributed by atoms with Gasteiger partial charge in [0, 0.05) is 44.7 Å². The summed E-state index contributed by atoms with van der Waals surface area (Å²) in [5.74, 6) is 0.922. The molecule has 8 heteroatoms. The Kier molecular flexibility index (Phi) is 4.01. The lowest BCUT2D eigenvalue weighted by molar-refractivity contribution is 0.0928. The van der Waals surface area contributed by atoms with Gasteiger partial charge in [-0.2, -0.15) is 0 Å². The maximum atomic E-state index is 12.2. The van der Waals surface area contributed by atoms with Crippen LogP contribution in [0.15, 0.2) is 23.4 Å². The van der Waals surface area contributed by atoms with Gasteiger partial charge in [0.1, 0.15) is 23.8 Å². The first-order valence-corrected chi connectivity index (χ1v) is 7.05. The number of rotatable bonds is 4. The number of carbonyl (C=O) groups excluding carboxylic acids is 1. The molecule has 116 valence electrons. The number of aromatic nitrogens is 4. The van der Waals surface area contributed by atoms with Crippen molar-refractivity contribution in [2.45, 2.75) is 32.0 Å². The summed E-state index contributed by atoms with van der Waals surface area (Å²) >= 11 is 0. The molecule has 0 radical (unpaired) electrons. The predicted octanol–water partition coefficient (Wildman–Crippen LogP) is -0.142. The maximum Gasteiger partial charge on any atom is 0.263 e. The van der Waals surface area contributed by atoms with E-state index in [9.17, 15) is 9.59 Å². The lowest BCUT2D eigenvalue weighted by atomic mass is 10.1. The molecule has 0 saturated carbocycles. The molecule has 22 heavy (non-hydrogen) atoms. The third kappa shape index (κ3) is 2.91. The van der Waals surface area contributed by atoms with Crippen LogP contribution in [-0.4, -0.2) is 38.6 Å². The number of H-pyrrole nitrogens is 1. The normalized spacial score (nSPS) is 17.0. The molecule has 1 aliphatic heterocycles. The number of fused-ring (bicyclic) bond motifs is 1. The Morgan fingerprint density at radius 1 is 1.55 bits per heavy atom. The maximum absolute atomic E-state index is 12.2. The van der Waals surface area contributed by atoms with E-state index < -0.39 is 11.5 Å². The zero-order valence-corrected chi connectivity index (χ0v) is 12.2. The van der Waals surface area contributed by atoms with Gasteiger partial charge in [0.2, 0.25) is 0 Å². The Bertz CT molecular complexity index is 736. The molecule has 1 atom stereocenters. The largest absolute Gasteiger partial charge is 0.377 e. The van der Waals surface area contributed by atoms with Crippen LogP contribution < -0.4 is 10.9 Å². The predicted molar refractivity (Wildman–Crippen MR) is 77.4 cm³/mol. The second kappa shape index (κ2) is 6.10. The van der Waals surface area contributed by atoms with Crippen LogP contribution >= 0.6 is 0 Å². The second-order valence-corrected chi connectivity index (χ2v) is 5.21. The molecule has 0 saturated heterocycles. The van der Waals surface area contributed by atoms with Crippen molar-refractivity contribution in [1.82, 2.24) is 24.8 Å². The number of hydrogen-bond acceptors (Lipinski definition) is 5. The highest BCUT2D eigenvalue weighted by Gasteiger charge is 2.22. The van der Waals surface area contributed by atoms with Crippen molar-refractivity contribution >= 4 is 5.91 Å². The summed E-state index contributed by atoms with van der Waals surface area (Å²) in [6.07, 6.45) is 6.43. The van der Waals surface area contributed by atoms with E-state index in [0.717, 1.165) is 18.8 Å². The summed E-state index contributed by atoms with van der Waals surface area (Å²) in [6.45, 7) is 1.00. The number of aromatic amines is 1. The molecule has 0 aliphatic carbocycles. The number of aryl methyl sites for hydroxylation is 1. The molecule has 2 aromatic rings. The molecule has 2 aromatic heterocycles. The molecule has 8 nitrogen and oxygen atoms in total. The molecule has 2 N–H and O–H groups in total. The molecular weight excluding hydrogens is 286 g/mol. The van der Waals surface area contributed by atoms with Crippen LogP contribution in [0.2, 0.25) is 0 Å². The van der Waals surface area contributed by atoms with Gasteiger partial charge in [0.05, 0.1) is 0 Å². The minimum absolute atomic E-state index is 0.00812. The average Bonchev–Trinajstić information content (AvgIpc) is 2.95. The molecule has 1 amide bonds. The minimum atomic E-state index is -0.461. The Morgan fingerprint density at radius 2 is 2.41 bits per heavy atom. The van der Waals surface area contributed by atoms with E-state index in [1.54, 1.807) is 6.20 Å². The summed E-state index contributed by atoms with van der Waals surface area (Å²) < 4.78 is 6.95. The van der Waals surface area contributed by atoms with E-state index in [4.69, 9.17) is 4.74 Å². The van der Waals surface area contributed by atoms with Crippen molar-refractivity contribution in [3.05, 3.63) is 46.2 Å². The lowest BCUT2D eigenvalue weighted by Gasteiger charge is -2.24. The highest BCUT2D eigenvalue weighted by molar-refractivity contribution is 5.93. The van der Waals surface area contributed by atoms with Gasteiger partial charge in [-0.15, -0.1) is 0 Å². The van der Waals surface area contributed by atoms with E-state index in [-0.39, 0.29) is 18.2 Å². The standard InChI is InChI=1S/C14H17N5O3/c1-22-8-11-16-7-10(14(21)18-11)13(20)17-9-2-4-19-5-3-15-12(19)6-9/h3,5,7,9H,2,4,6,8H2,1H3,(H,17,20)(H,16,18,21). The summed E-state index contributed by atoms with van der Waals surface area (Å²) in [6, 6.07) is -0.0274. The summed E-state index contributed by atoms with van der Waals surface area (Å²) in [7, 11) is 1.51. The average molecular weight is 303 g/mol. The molecule has 0 bridgehead atoms. The lowest BCUT2D eigenvalue weighted by Crippen LogP contribution is -2.42. The fourth-order valence-corrected chi connectivity index (χ4v) is 2.54. The number of methoxy groups -OCH3 is 1. The number of imidazole rings is 1. The Morgan fingerprint density at radius 3 is 3.18 bits per heavy atom. The fraction of sp³-hybridized carbons (Fsp3) is 0.429. The number of hydrogen-bond donors (Lipinski definition) is 2. The van der Waals surface area contributed by atoms with Crippen LogP contribution in [0.1, 0.15) is 28.4 Å². The van der Waals surface area contributed by atoms with E-state index in [0.29, 0.717) is 12.2 Å². The zero-order chi connectivity index (χ0) is 15.5. The molecule has 0 fully saturated rings. The molecule has 1 unspecified atom stereocenters. The Hall–Kier alpha value is -2.48. The van der Waals surface area contributed by atoms with Crippen LogP contribution in [-0.2, 0) is 24.3 Å².